The van der Waals surface area contributed by atoms with E-state index < -0.39 is 4.75 Å². The Bertz CT molecular complexity index is 1680. The van der Waals surface area contributed by atoms with Crippen LogP contribution in [0.1, 0.15) is 62.4 Å². The van der Waals surface area contributed by atoms with Gasteiger partial charge in [-0.3, -0.25) is 0 Å². The van der Waals surface area contributed by atoms with Gasteiger partial charge in [0, 0.05) is 52.1 Å². The summed E-state index contributed by atoms with van der Waals surface area (Å²) in [6.45, 7) is 16.6. The van der Waals surface area contributed by atoms with Crippen LogP contribution in [-0.4, -0.2) is 30.9 Å². The number of nitriles is 3. The van der Waals surface area contributed by atoms with Gasteiger partial charge in [0.2, 0.25) is 0 Å². The van der Waals surface area contributed by atoms with Gasteiger partial charge in [0.1, 0.15) is 23.8 Å². The Hall–Kier alpha value is -4.48. The third kappa shape index (κ3) is 7.43. The summed E-state index contributed by atoms with van der Waals surface area (Å²) in [6.07, 6.45) is 6.24. The second-order valence-corrected chi connectivity index (χ2v) is 13.8. The van der Waals surface area contributed by atoms with E-state index in [-0.39, 0.29) is 5.57 Å². The number of anilines is 2. The van der Waals surface area contributed by atoms with Crippen molar-refractivity contribution in [2.45, 2.75) is 46.3 Å². The van der Waals surface area contributed by atoms with E-state index in [9.17, 15) is 15.8 Å². The average Bonchev–Trinajstić information content (AvgIpc) is 3.61. The van der Waals surface area contributed by atoms with Crippen molar-refractivity contribution in [3.63, 3.8) is 0 Å². The van der Waals surface area contributed by atoms with Gasteiger partial charge in [-0.15, -0.1) is 23.1 Å². The molecule has 0 aliphatic carbocycles. The first-order chi connectivity index (χ1) is 21.7. The summed E-state index contributed by atoms with van der Waals surface area (Å²) in [6, 6.07) is 28.0. The zero-order valence-electron chi connectivity index (χ0n) is 26.9. The SMILES string of the molecule is CCN(CC)c1ccc(C(=Cc2ccc(/C=C/C3=C(C#N)C(=C(C#N)C#N)SC3(C)C)s2)c2ccc(N(CC)CC)cc2)cc1. The highest BCUT2D eigenvalue weighted by Crippen LogP contribution is 2.51. The van der Waals surface area contributed by atoms with E-state index in [2.05, 4.69) is 110 Å². The van der Waals surface area contributed by atoms with Crippen molar-refractivity contribution in [1.82, 2.24) is 0 Å². The van der Waals surface area contributed by atoms with Crippen LogP contribution in [0.15, 0.2) is 88.4 Å². The fourth-order valence-corrected chi connectivity index (χ4v) is 7.64. The van der Waals surface area contributed by atoms with Gasteiger partial charge in [0.15, 0.2) is 0 Å². The first-order valence-electron chi connectivity index (χ1n) is 15.3. The molecule has 0 saturated carbocycles. The van der Waals surface area contributed by atoms with Crippen LogP contribution < -0.4 is 9.80 Å². The lowest BCUT2D eigenvalue weighted by atomic mass is 9.95. The molecule has 1 aliphatic heterocycles. The number of thioether (sulfide) groups is 1. The van der Waals surface area contributed by atoms with E-state index in [0.717, 1.165) is 58.2 Å². The molecule has 228 valence electrons. The van der Waals surface area contributed by atoms with Crippen molar-refractivity contribution in [1.29, 1.82) is 15.8 Å². The van der Waals surface area contributed by atoms with Crippen molar-refractivity contribution in [2.75, 3.05) is 36.0 Å². The highest BCUT2D eigenvalue weighted by atomic mass is 32.2. The lowest BCUT2D eigenvalue weighted by molar-refractivity contribution is 0.866. The molecule has 0 radical (unpaired) electrons. The van der Waals surface area contributed by atoms with E-state index >= 15 is 0 Å². The van der Waals surface area contributed by atoms with E-state index in [1.165, 1.54) is 23.1 Å². The van der Waals surface area contributed by atoms with Crippen LogP contribution in [0.5, 0.6) is 0 Å². The third-order valence-electron chi connectivity index (χ3n) is 8.03. The van der Waals surface area contributed by atoms with Crippen LogP contribution in [-0.2, 0) is 0 Å². The summed E-state index contributed by atoms with van der Waals surface area (Å²) >= 11 is 3.08. The molecular weight excluding hydrogens is 591 g/mol. The molecular formula is C38H39N5S2. The molecule has 0 bridgehead atoms. The molecule has 0 amide bonds. The number of rotatable bonds is 11. The van der Waals surface area contributed by atoms with E-state index in [1.54, 1.807) is 11.3 Å². The standard InChI is InChI=1S/C38H39N5S2/c1-7-42(8-2)30-15-11-27(12-16-30)34(28-13-17-31(18-14-28)43(9-3)10-4)23-33-20-19-32(44-33)21-22-36-35(26-41)37(29(24-39)25-40)45-38(36,5)6/h11-23H,7-10H2,1-6H3/b22-21+. The molecule has 45 heavy (non-hydrogen) atoms. The van der Waals surface area contributed by atoms with E-state index in [0.29, 0.717) is 10.5 Å². The predicted molar refractivity (Wildman–Crippen MR) is 193 cm³/mol. The van der Waals surface area contributed by atoms with Crippen LogP contribution in [0.4, 0.5) is 11.4 Å². The molecule has 5 nitrogen and oxygen atoms in total. The normalized spacial score (nSPS) is 13.7. The summed E-state index contributed by atoms with van der Waals surface area (Å²) < 4.78 is -0.433. The van der Waals surface area contributed by atoms with Crippen molar-refractivity contribution in [3.8, 4) is 18.2 Å². The Morgan fingerprint density at radius 3 is 1.64 bits per heavy atom. The van der Waals surface area contributed by atoms with Gasteiger partial charge < -0.3 is 9.80 Å². The number of hydrogen-bond acceptors (Lipinski definition) is 7. The molecule has 0 unspecified atom stereocenters. The number of benzene rings is 2. The van der Waals surface area contributed by atoms with Crippen molar-refractivity contribution in [3.05, 3.63) is 109 Å². The van der Waals surface area contributed by atoms with Gasteiger partial charge in [-0.1, -0.05) is 30.3 Å². The topological polar surface area (TPSA) is 77.8 Å². The van der Waals surface area contributed by atoms with Crippen molar-refractivity contribution >= 4 is 52.2 Å². The maximum absolute atomic E-state index is 9.93. The molecule has 0 spiro atoms. The van der Waals surface area contributed by atoms with E-state index in [1.807, 2.05) is 38.1 Å². The zero-order valence-corrected chi connectivity index (χ0v) is 28.5. The number of thiophene rings is 1. The Morgan fingerprint density at radius 2 is 1.20 bits per heavy atom. The summed E-state index contributed by atoms with van der Waals surface area (Å²) in [7, 11) is 0. The molecule has 1 aromatic heterocycles. The number of allylic oxidation sites excluding steroid dienone is 3. The van der Waals surface area contributed by atoms with Crippen molar-refractivity contribution < 1.29 is 0 Å². The first-order valence-corrected chi connectivity index (χ1v) is 17.0. The highest BCUT2D eigenvalue weighted by Gasteiger charge is 2.37. The minimum absolute atomic E-state index is 0.0145. The van der Waals surface area contributed by atoms with Gasteiger partial charge in [0.25, 0.3) is 0 Å². The van der Waals surface area contributed by atoms with Crippen LogP contribution in [0.25, 0.3) is 17.7 Å². The van der Waals surface area contributed by atoms with Gasteiger partial charge in [-0.25, -0.2) is 0 Å². The molecule has 3 aromatic rings. The van der Waals surface area contributed by atoms with E-state index in [4.69, 9.17) is 0 Å². The molecule has 1 aliphatic rings. The highest BCUT2D eigenvalue weighted by molar-refractivity contribution is 8.05. The molecule has 0 fully saturated rings. The van der Waals surface area contributed by atoms with Gasteiger partial charge >= 0.3 is 0 Å². The number of hydrogen-bond donors (Lipinski definition) is 0. The molecule has 7 heteroatoms. The minimum atomic E-state index is -0.433. The number of nitrogens with zero attached hydrogens (tertiary/aromatic N) is 5. The monoisotopic (exact) mass is 629 g/mol. The molecule has 4 rings (SSSR count). The lowest BCUT2D eigenvalue weighted by Crippen LogP contribution is -2.21. The Labute approximate surface area is 276 Å². The summed E-state index contributed by atoms with van der Waals surface area (Å²) in [5, 5.41) is 28.8. The second-order valence-electron chi connectivity index (χ2n) is 11.0. The Kier molecular flexibility index (Phi) is 11.1. The fourth-order valence-electron chi connectivity index (χ4n) is 5.54. The van der Waals surface area contributed by atoms with Crippen LogP contribution in [0, 0.1) is 34.0 Å². The average molecular weight is 630 g/mol. The van der Waals surface area contributed by atoms with Crippen LogP contribution in [0.2, 0.25) is 0 Å². The molecule has 0 saturated heterocycles. The fraction of sp³-hybridized carbons (Fsp3) is 0.289. The molecule has 0 N–H and O–H groups in total. The largest absolute Gasteiger partial charge is 0.372 e. The van der Waals surface area contributed by atoms with Crippen LogP contribution in [0.3, 0.4) is 0 Å². The Morgan fingerprint density at radius 1 is 0.711 bits per heavy atom. The third-order valence-corrected chi connectivity index (χ3v) is 10.4. The lowest BCUT2D eigenvalue weighted by Gasteiger charge is -2.22. The summed E-state index contributed by atoms with van der Waals surface area (Å²) in [5.74, 6) is 0. The summed E-state index contributed by atoms with van der Waals surface area (Å²) in [4.78, 5) is 7.34. The quantitative estimate of drug-likeness (QED) is 0.197. The minimum Gasteiger partial charge on any atom is -0.372 e. The zero-order chi connectivity index (χ0) is 32.6. The first kappa shape index (κ1) is 33.4. The van der Waals surface area contributed by atoms with Gasteiger partial charge in [-0.2, -0.15) is 15.8 Å². The predicted octanol–water partition coefficient (Wildman–Crippen LogP) is 9.69. The summed E-state index contributed by atoms with van der Waals surface area (Å²) in [5.41, 5.74) is 7.12. The molecule has 0 atom stereocenters. The molecule has 2 heterocycles. The van der Waals surface area contributed by atoms with Gasteiger partial charge in [-0.05, 0) is 112 Å². The maximum atomic E-state index is 9.93. The molecule has 2 aromatic carbocycles. The Balaban J connectivity index is 1.73. The maximum Gasteiger partial charge on any atom is 0.144 e. The van der Waals surface area contributed by atoms with Crippen LogP contribution >= 0.6 is 23.1 Å². The second kappa shape index (κ2) is 15.0. The van der Waals surface area contributed by atoms with Crippen molar-refractivity contribution in [2.24, 2.45) is 0 Å². The van der Waals surface area contributed by atoms with Gasteiger partial charge in [0.05, 0.1) is 10.5 Å². The smallest absolute Gasteiger partial charge is 0.144 e.